The van der Waals surface area contributed by atoms with Gasteiger partial charge in [-0.3, -0.25) is 4.98 Å². The number of pyridine rings is 1. The first-order chi connectivity index (χ1) is 10.7. The molecule has 22 heavy (non-hydrogen) atoms. The van der Waals surface area contributed by atoms with E-state index in [0.717, 1.165) is 23.5 Å². The fourth-order valence-corrected chi connectivity index (χ4v) is 2.28. The Morgan fingerprint density at radius 3 is 2.95 bits per heavy atom. The smallest absolute Gasteiger partial charge is 0.150 e. The van der Waals surface area contributed by atoms with E-state index in [-0.39, 0.29) is 0 Å². The van der Waals surface area contributed by atoms with Gasteiger partial charge in [-0.2, -0.15) is 9.61 Å². The predicted molar refractivity (Wildman–Crippen MR) is 88.6 cm³/mol. The molecule has 0 fully saturated rings. The molecule has 2 radical (unpaired) electrons. The zero-order valence-electron chi connectivity index (χ0n) is 12.8. The molecule has 0 amide bonds. The second-order valence-electron chi connectivity index (χ2n) is 5.43. The Morgan fingerprint density at radius 2 is 2.23 bits per heavy atom. The molecule has 0 saturated carbocycles. The van der Waals surface area contributed by atoms with Gasteiger partial charge in [0, 0.05) is 36.9 Å². The third-order valence-electron chi connectivity index (χ3n) is 3.83. The maximum absolute atomic E-state index is 5.98. The Kier molecular flexibility index (Phi) is 4.09. The van der Waals surface area contributed by atoms with Crippen molar-refractivity contribution in [3.8, 4) is 0 Å². The Bertz CT molecular complexity index is 769. The van der Waals surface area contributed by atoms with E-state index in [0.29, 0.717) is 23.6 Å². The maximum Gasteiger partial charge on any atom is 0.150 e. The second kappa shape index (κ2) is 6.18. The number of anilines is 1. The number of nitrogens with zero attached hydrogens (tertiary/aromatic N) is 4. The summed E-state index contributed by atoms with van der Waals surface area (Å²) in [7, 11) is 5.98. The van der Waals surface area contributed by atoms with Crippen molar-refractivity contribution in [3.05, 3.63) is 48.0 Å². The molecule has 1 unspecified atom stereocenters. The second-order valence-corrected chi connectivity index (χ2v) is 5.43. The fourth-order valence-electron chi connectivity index (χ4n) is 2.28. The summed E-state index contributed by atoms with van der Waals surface area (Å²) >= 11 is 0. The third kappa shape index (κ3) is 2.82. The Morgan fingerprint density at radius 1 is 1.36 bits per heavy atom. The van der Waals surface area contributed by atoms with Gasteiger partial charge in [-0.05, 0) is 29.4 Å². The summed E-state index contributed by atoms with van der Waals surface area (Å²) in [5.41, 5.74) is 3.43. The molecule has 0 aliphatic carbocycles. The maximum atomic E-state index is 5.98. The molecule has 0 saturated heterocycles. The quantitative estimate of drug-likeness (QED) is 0.731. The molecule has 0 aliphatic heterocycles. The molecule has 110 valence electrons. The van der Waals surface area contributed by atoms with Gasteiger partial charge in [-0.25, -0.2) is 4.98 Å². The number of hydrogen-bond donors (Lipinski definition) is 1. The SMILES string of the molecule is [B]c1cnn2c(NCc3cccnc3)cc(C(C)CC)nc12. The van der Waals surface area contributed by atoms with Crippen LogP contribution >= 0.6 is 0 Å². The van der Waals surface area contributed by atoms with Crippen molar-refractivity contribution in [3.63, 3.8) is 0 Å². The summed E-state index contributed by atoms with van der Waals surface area (Å²) in [6.07, 6.45) is 6.28. The van der Waals surface area contributed by atoms with Crippen LogP contribution in [0.1, 0.15) is 37.4 Å². The topological polar surface area (TPSA) is 55.1 Å². The van der Waals surface area contributed by atoms with E-state index in [2.05, 4.69) is 34.2 Å². The number of fused-ring (bicyclic) bond motifs is 1. The van der Waals surface area contributed by atoms with Crippen molar-refractivity contribution in [2.45, 2.75) is 32.7 Å². The minimum absolute atomic E-state index is 0.373. The third-order valence-corrected chi connectivity index (χ3v) is 3.83. The van der Waals surface area contributed by atoms with Crippen molar-refractivity contribution >= 4 is 24.8 Å². The van der Waals surface area contributed by atoms with Crippen molar-refractivity contribution in [1.29, 1.82) is 0 Å². The van der Waals surface area contributed by atoms with Crippen molar-refractivity contribution in [1.82, 2.24) is 19.6 Å². The monoisotopic (exact) mass is 291 g/mol. The lowest BCUT2D eigenvalue weighted by Gasteiger charge is -2.13. The van der Waals surface area contributed by atoms with Crippen LogP contribution in [0.2, 0.25) is 0 Å². The average Bonchev–Trinajstić information content (AvgIpc) is 2.94. The zero-order valence-corrected chi connectivity index (χ0v) is 12.8. The molecule has 0 bridgehead atoms. The van der Waals surface area contributed by atoms with Crippen molar-refractivity contribution in [2.75, 3.05) is 5.32 Å². The lowest BCUT2D eigenvalue weighted by Crippen LogP contribution is -2.11. The van der Waals surface area contributed by atoms with Crippen LogP contribution in [0.15, 0.2) is 36.8 Å². The van der Waals surface area contributed by atoms with E-state index in [4.69, 9.17) is 7.85 Å². The largest absolute Gasteiger partial charge is 0.366 e. The van der Waals surface area contributed by atoms with Gasteiger partial charge in [0.1, 0.15) is 19.3 Å². The molecular weight excluding hydrogens is 273 g/mol. The van der Waals surface area contributed by atoms with Crippen LogP contribution in [-0.4, -0.2) is 27.4 Å². The van der Waals surface area contributed by atoms with Gasteiger partial charge >= 0.3 is 0 Å². The van der Waals surface area contributed by atoms with Gasteiger partial charge in [0.15, 0.2) is 0 Å². The summed E-state index contributed by atoms with van der Waals surface area (Å²) in [4.78, 5) is 8.77. The standard InChI is InChI=1S/C16H18BN5/c1-3-11(2)14-7-15(19-9-12-5-4-6-18-8-12)22-16(21-14)13(17)10-20-22/h4-8,10-11,19H,3,9H2,1-2H3. The van der Waals surface area contributed by atoms with Gasteiger partial charge in [0.05, 0.1) is 0 Å². The molecule has 0 spiro atoms. The van der Waals surface area contributed by atoms with E-state index in [1.165, 1.54) is 0 Å². The molecule has 3 heterocycles. The number of nitrogens with one attached hydrogen (secondary N) is 1. The van der Waals surface area contributed by atoms with Crippen LogP contribution in [0.5, 0.6) is 0 Å². The minimum atomic E-state index is 0.373. The molecule has 0 aromatic carbocycles. The molecule has 1 atom stereocenters. The number of aromatic nitrogens is 4. The number of rotatable bonds is 5. The van der Waals surface area contributed by atoms with Crippen LogP contribution in [0.25, 0.3) is 5.65 Å². The predicted octanol–water partition coefficient (Wildman–Crippen LogP) is 2.04. The highest BCUT2D eigenvalue weighted by atomic mass is 15.3. The van der Waals surface area contributed by atoms with Crippen LogP contribution in [0.4, 0.5) is 5.82 Å². The van der Waals surface area contributed by atoms with Gasteiger partial charge in [-0.1, -0.05) is 19.9 Å². The Balaban J connectivity index is 1.96. The number of hydrogen-bond acceptors (Lipinski definition) is 4. The molecular formula is C16H18BN5. The van der Waals surface area contributed by atoms with E-state index in [1.807, 2.05) is 24.4 Å². The first kappa shape index (κ1) is 14.6. The zero-order chi connectivity index (χ0) is 15.5. The minimum Gasteiger partial charge on any atom is -0.366 e. The van der Waals surface area contributed by atoms with Gasteiger partial charge < -0.3 is 5.32 Å². The van der Waals surface area contributed by atoms with Crippen molar-refractivity contribution in [2.24, 2.45) is 0 Å². The lowest BCUT2D eigenvalue weighted by molar-refractivity contribution is 0.705. The fraction of sp³-hybridized carbons (Fsp3) is 0.312. The van der Waals surface area contributed by atoms with E-state index >= 15 is 0 Å². The van der Waals surface area contributed by atoms with Crippen LogP contribution in [0.3, 0.4) is 0 Å². The Hall–Kier alpha value is -2.37. The normalized spacial score (nSPS) is 12.5. The first-order valence-corrected chi connectivity index (χ1v) is 7.46. The summed E-state index contributed by atoms with van der Waals surface area (Å²) in [5, 5.41) is 7.71. The summed E-state index contributed by atoms with van der Waals surface area (Å²) < 4.78 is 1.75. The summed E-state index contributed by atoms with van der Waals surface area (Å²) in [6.45, 7) is 4.99. The lowest BCUT2D eigenvalue weighted by atomic mass is 10.00. The molecule has 3 rings (SSSR count). The summed E-state index contributed by atoms with van der Waals surface area (Å²) in [5.74, 6) is 1.26. The van der Waals surface area contributed by atoms with E-state index < -0.39 is 0 Å². The van der Waals surface area contributed by atoms with E-state index in [1.54, 1.807) is 16.9 Å². The molecule has 3 aromatic rings. The average molecular weight is 291 g/mol. The van der Waals surface area contributed by atoms with Crippen LogP contribution < -0.4 is 10.8 Å². The van der Waals surface area contributed by atoms with Crippen LogP contribution in [0, 0.1) is 0 Å². The molecule has 0 aliphatic rings. The molecule has 6 heteroatoms. The molecule has 3 aromatic heterocycles. The highest BCUT2D eigenvalue weighted by Gasteiger charge is 2.12. The molecule has 1 N–H and O–H groups in total. The Labute approximate surface area is 131 Å². The first-order valence-electron chi connectivity index (χ1n) is 7.46. The highest BCUT2D eigenvalue weighted by Crippen LogP contribution is 2.21. The summed E-state index contributed by atoms with van der Waals surface area (Å²) in [6, 6.07) is 6.00. The van der Waals surface area contributed by atoms with Crippen LogP contribution in [-0.2, 0) is 6.54 Å². The van der Waals surface area contributed by atoms with Crippen molar-refractivity contribution < 1.29 is 0 Å². The van der Waals surface area contributed by atoms with Gasteiger partial charge in [-0.15, -0.1) is 0 Å². The van der Waals surface area contributed by atoms with Gasteiger partial charge in [0.25, 0.3) is 0 Å². The van der Waals surface area contributed by atoms with E-state index in [9.17, 15) is 0 Å². The highest BCUT2D eigenvalue weighted by molar-refractivity contribution is 6.36. The molecule has 5 nitrogen and oxygen atoms in total. The van der Waals surface area contributed by atoms with Gasteiger partial charge in [0.2, 0.25) is 0 Å².